The molecule has 5 rings (SSSR count). The molecule has 188 valence electrons. The Morgan fingerprint density at radius 2 is 1.67 bits per heavy atom. The van der Waals surface area contributed by atoms with Gasteiger partial charge in [-0.3, -0.25) is 14.3 Å². The van der Waals surface area contributed by atoms with E-state index in [-0.39, 0.29) is 35.0 Å². The molecule has 1 aliphatic rings. The van der Waals surface area contributed by atoms with Crippen molar-refractivity contribution in [3.8, 4) is 11.4 Å². The predicted octanol–water partition coefficient (Wildman–Crippen LogP) is 2.14. The first-order valence-electron chi connectivity index (χ1n) is 11.6. The maximum absolute atomic E-state index is 14.1. The van der Waals surface area contributed by atoms with Gasteiger partial charge in [0.25, 0.3) is 5.56 Å². The van der Waals surface area contributed by atoms with Gasteiger partial charge in [-0.05, 0) is 42.8 Å². The number of hydrogen-bond acceptors (Lipinski definition) is 6. The van der Waals surface area contributed by atoms with Crippen LogP contribution in [0.5, 0.6) is 0 Å². The van der Waals surface area contributed by atoms with Crippen molar-refractivity contribution < 1.29 is 12.8 Å². The molecule has 1 fully saturated rings. The maximum atomic E-state index is 14.1. The molecule has 0 bridgehead atoms. The number of hydrogen-bond donors (Lipinski definition) is 2. The van der Waals surface area contributed by atoms with Crippen LogP contribution in [0.15, 0.2) is 63.0 Å². The van der Waals surface area contributed by atoms with Gasteiger partial charge in [-0.25, -0.2) is 22.6 Å². The van der Waals surface area contributed by atoms with E-state index in [1.165, 1.54) is 22.5 Å². The molecule has 10 nitrogen and oxygen atoms in total. The fourth-order valence-electron chi connectivity index (χ4n) is 4.39. The van der Waals surface area contributed by atoms with Crippen molar-refractivity contribution in [2.45, 2.75) is 24.8 Å². The average Bonchev–Trinajstić information content (AvgIpc) is 3.31. The summed E-state index contributed by atoms with van der Waals surface area (Å²) < 4.78 is 43.0. The highest BCUT2D eigenvalue weighted by Crippen LogP contribution is 2.25. The lowest BCUT2D eigenvalue weighted by atomic mass is 10.2. The van der Waals surface area contributed by atoms with Gasteiger partial charge >= 0.3 is 5.69 Å². The number of para-hydroxylation sites is 1. The number of H-pyrrole nitrogens is 2. The highest BCUT2D eigenvalue weighted by atomic mass is 32.2. The lowest BCUT2D eigenvalue weighted by Crippen LogP contribution is -2.48. The molecule has 2 aromatic carbocycles. The number of anilines is 1. The number of aromatic amines is 2. The topological polar surface area (TPSA) is 124 Å². The Morgan fingerprint density at radius 3 is 2.33 bits per heavy atom. The highest BCUT2D eigenvalue weighted by molar-refractivity contribution is 7.89. The number of aromatic nitrogens is 4. The lowest BCUT2D eigenvalue weighted by molar-refractivity contribution is 0.383. The van der Waals surface area contributed by atoms with Gasteiger partial charge in [0.15, 0.2) is 5.65 Å². The molecule has 0 aliphatic carbocycles. The fraction of sp³-hybridized carbons (Fsp3) is 0.292. The van der Waals surface area contributed by atoms with Gasteiger partial charge in [-0.2, -0.15) is 4.31 Å². The van der Waals surface area contributed by atoms with Crippen LogP contribution in [-0.2, 0) is 16.6 Å². The second-order valence-corrected chi connectivity index (χ2v) is 10.5. The Morgan fingerprint density at radius 1 is 0.972 bits per heavy atom. The number of nitrogens with zero attached hydrogens (tertiary/aromatic N) is 4. The van der Waals surface area contributed by atoms with Crippen molar-refractivity contribution in [2.75, 3.05) is 31.1 Å². The normalized spacial score (nSPS) is 15.0. The minimum Gasteiger partial charge on any atom is -0.367 e. The number of rotatable bonds is 6. The van der Waals surface area contributed by atoms with Crippen molar-refractivity contribution in [1.29, 1.82) is 0 Å². The Labute approximate surface area is 206 Å². The van der Waals surface area contributed by atoms with Gasteiger partial charge < -0.3 is 9.88 Å². The lowest BCUT2D eigenvalue weighted by Gasteiger charge is -2.35. The van der Waals surface area contributed by atoms with E-state index in [0.29, 0.717) is 43.1 Å². The minimum absolute atomic E-state index is 0.125. The zero-order valence-corrected chi connectivity index (χ0v) is 20.4. The third-order valence-corrected chi connectivity index (χ3v) is 8.19. The molecule has 4 aromatic rings. The summed E-state index contributed by atoms with van der Waals surface area (Å²) in [6, 6.07) is 12.6. The second-order valence-electron chi connectivity index (χ2n) is 8.56. The van der Waals surface area contributed by atoms with E-state index >= 15 is 0 Å². The zero-order valence-electron chi connectivity index (χ0n) is 19.6. The predicted molar refractivity (Wildman–Crippen MR) is 134 cm³/mol. The molecule has 0 unspecified atom stereocenters. The first-order valence-corrected chi connectivity index (χ1v) is 13.1. The number of halogens is 1. The summed E-state index contributed by atoms with van der Waals surface area (Å²) in [7, 11) is -3.74. The van der Waals surface area contributed by atoms with E-state index in [9.17, 15) is 22.4 Å². The summed E-state index contributed by atoms with van der Waals surface area (Å²) >= 11 is 0. The summed E-state index contributed by atoms with van der Waals surface area (Å²) in [5, 5.41) is 0. The van der Waals surface area contributed by atoms with Gasteiger partial charge in [0.2, 0.25) is 10.0 Å². The molecule has 12 heteroatoms. The maximum Gasteiger partial charge on any atom is 0.330 e. The Kier molecular flexibility index (Phi) is 6.22. The molecule has 2 aromatic heterocycles. The van der Waals surface area contributed by atoms with Crippen LogP contribution in [0.2, 0.25) is 0 Å². The van der Waals surface area contributed by atoms with E-state index in [4.69, 9.17) is 0 Å². The van der Waals surface area contributed by atoms with Crippen LogP contribution in [0.25, 0.3) is 22.6 Å². The highest BCUT2D eigenvalue weighted by Gasteiger charge is 2.29. The van der Waals surface area contributed by atoms with Gasteiger partial charge in [0.05, 0.1) is 10.6 Å². The number of benzene rings is 2. The molecule has 0 saturated carbocycles. The molecule has 0 spiro atoms. The van der Waals surface area contributed by atoms with Crippen LogP contribution in [0.4, 0.5) is 10.1 Å². The van der Waals surface area contributed by atoms with Crippen LogP contribution in [0.1, 0.15) is 13.3 Å². The van der Waals surface area contributed by atoms with Crippen molar-refractivity contribution in [2.24, 2.45) is 0 Å². The monoisotopic (exact) mass is 512 g/mol. The van der Waals surface area contributed by atoms with Crippen molar-refractivity contribution in [1.82, 2.24) is 23.8 Å². The first kappa shape index (κ1) is 23.9. The summed E-state index contributed by atoms with van der Waals surface area (Å²) in [4.78, 5) is 36.6. The van der Waals surface area contributed by atoms with E-state index in [1.807, 2.05) is 11.8 Å². The number of fused-ring (bicyclic) bond motifs is 1. The Bertz CT molecular complexity index is 1630. The molecule has 3 heterocycles. The van der Waals surface area contributed by atoms with Gasteiger partial charge in [-0.1, -0.05) is 19.1 Å². The first-order chi connectivity index (χ1) is 17.3. The summed E-state index contributed by atoms with van der Waals surface area (Å²) in [5.41, 5.74) is 0.385. The van der Waals surface area contributed by atoms with Crippen LogP contribution in [-0.4, -0.2) is 58.4 Å². The SMILES string of the molecule is CCCn1c(=O)[nH]c2nc(-c3ccc(S(=O)(=O)N4CCN(c5ccccc5F)CC4)cc3)[nH]c2c1=O. The van der Waals surface area contributed by atoms with Crippen LogP contribution in [0.3, 0.4) is 0 Å². The molecule has 1 saturated heterocycles. The number of piperazine rings is 1. The summed E-state index contributed by atoms with van der Waals surface area (Å²) in [6.07, 6.45) is 0.629. The molecule has 36 heavy (non-hydrogen) atoms. The van der Waals surface area contributed by atoms with E-state index in [2.05, 4.69) is 15.0 Å². The molecular weight excluding hydrogens is 487 g/mol. The third kappa shape index (κ3) is 4.22. The average molecular weight is 513 g/mol. The van der Waals surface area contributed by atoms with Crippen LogP contribution in [0, 0.1) is 5.82 Å². The van der Waals surface area contributed by atoms with E-state index < -0.39 is 21.3 Å². The van der Waals surface area contributed by atoms with Crippen molar-refractivity contribution in [3.05, 3.63) is 75.2 Å². The quantitative estimate of drug-likeness (QED) is 0.408. The summed E-state index contributed by atoms with van der Waals surface area (Å²) in [6.45, 7) is 3.39. The molecule has 2 N–H and O–H groups in total. The minimum atomic E-state index is -3.74. The van der Waals surface area contributed by atoms with Crippen LogP contribution < -0.4 is 16.1 Å². The Balaban J connectivity index is 1.35. The standard InChI is InChI=1S/C24H25FN6O4S/c1-2-11-31-23(32)20-22(28-24(31)33)27-21(26-20)16-7-9-17(10-8-16)36(34,35)30-14-12-29(13-15-30)19-6-4-3-5-18(19)25/h3-10H,2,11-15H2,1H3,(H,26,27)(H,28,33). The smallest absolute Gasteiger partial charge is 0.330 e. The van der Waals surface area contributed by atoms with Gasteiger partial charge in [0, 0.05) is 38.3 Å². The largest absolute Gasteiger partial charge is 0.367 e. The number of sulfonamides is 1. The van der Waals surface area contributed by atoms with Gasteiger partial charge in [0.1, 0.15) is 17.2 Å². The third-order valence-electron chi connectivity index (χ3n) is 6.28. The van der Waals surface area contributed by atoms with Gasteiger partial charge in [-0.15, -0.1) is 0 Å². The van der Waals surface area contributed by atoms with Crippen molar-refractivity contribution in [3.63, 3.8) is 0 Å². The molecular formula is C24H25FN6O4S. The number of imidazole rings is 1. The second kappa shape index (κ2) is 9.36. The molecule has 0 amide bonds. The Hall–Kier alpha value is -3.77. The van der Waals surface area contributed by atoms with E-state index in [0.717, 1.165) is 4.57 Å². The molecule has 1 aliphatic heterocycles. The van der Waals surface area contributed by atoms with E-state index in [1.54, 1.807) is 30.3 Å². The summed E-state index contributed by atoms with van der Waals surface area (Å²) in [5.74, 6) is 0.0118. The fourth-order valence-corrected chi connectivity index (χ4v) is 5.81. The zero-order chi connectivity index (χ0) is 25.4. The molecule has 0 radical (unpaired) electrons. The number of nitrogens with one attached hydrogen (secondary N) is 2. The van der Waals surface area contributed by atoms with Crippen molar-refractivity contribution >= 4 is 26.9 Å². The molecule has 0 atom stereocenters. The van der Waals surface area contributed by atoms with Crippen LogP contribution >= 0.6 is 0 Å².